The normalized spacial score (nSPS) is 9.86. The van der Waals surface area contributed by atoms with Crippen LogP contribution in [-0.2, 0) is 0 Å². The Morgan fingerprint density at radius 3 is 2.79 bits per heavy atom. The topological polar surface area (TPSA) is 34.1 Å². The van der Waals surface area contributed by atoms with Crippen LogP contribution >= 0.6 is 11.6 Å². The van der Waals surface area contributed by atoms with Crippen LogP contribution in [0.3, 0.4) is 0 Å². The van der Waals surface area contributed by atoms with Gasteiger partial charge in [-0.2, -0.15) is 0 Å². The lowest BCUT2D eigenvalue weighted by atomic mass is 9.99. The second-order valence-electron chi connectivity index (χ2n) is 3.02. The SMILES string of the molecule is Cc1cccc(C(=O)CCCl)c1C=O. The molecule has 0 heterocycles. The molecule has 74 valence electrons. The third-order valence-corrected chi connectivity index (χ3v) is 2.25. The molecule has 0 N–H and O–H groups in total. The van der Waals surface area contributed by atoms with Crippen molar-refractivity contribution in [3.05, 3.63) is 34.9 Å². The number of hydrogen-bond acceptors (Lipinski definition) is 2. The first-order valence-corrected chi connectivity index (χ1v) is 4.88. The van der Waals surface area contributed by atoms with Crippen LogP contribution in [0, 0.1) is 6.92 Å². The van der Waals surface area contributed by atoms with Gasteiger partial charge in [-0.05, 0) is 12.5 Å². The highest BCUT2D eigenvalue weighted by atomic mass is 35.5. The van der Waals surface area contributed by atoms with E-state index in [1.54, 1.807) is 25.1 Å². The molecule has 0 saturated heterocycles. The minimum Gasteiger partial charge on any atom is -0.298 e. The molecule has 0 bridgehead atoms. The third-order valence-electron chi connectivity index (χ3n) is 2.06. The van der Waals surface area contributed by atoms with Crippen molar-refractivity contribution in [2.75, 3.05) is 5.88 Å². The van der Waals surface area contributed by atoms with Gasteiger partial charge >= 0.3 is 0 Å². The van der Waals surface area contributed by atoms with Crippen LogP contribution in [-0.4, -0.2) is 17.9 Å². The molecular weight excluding hydrogens is 200 g/mol. The van der Waals surface area contributed by atoms with E-state index >= 15 is 0 Å². The summed E-state index contributed by atoms with van der Waals surface area (Å²) in [6.07, 6.45) is 0.989. The summed E-state index contributed by atoms with van der Waals surface area (Å²) in [6.45, 7) is 1.81. The molecule has 0 aliphatic heterocycles. The zero-order valence-electron chi connectivity index (χ0n) is 7.92. The van der Waals surface area contributed by atoms with Gasteiger partial charge in [0, 0.05) is 23.4 Å². The zero-order valence-corrected chi connectivity index (χ0v) is 8.67. The minimum atomic E-state index is -0.0780. The molecule has 0 aliphatic rings. The Balaban J connectivity index is 3.13. The molecule has 1 aromatic rings. The minimum absolute atomic E-state index is 0.0780. The number of carbonyl (C=O) groups is 2. The fourth-order valence-corrected chi connectivity index (χ4v) is 1.47. The van der Waals surface area contributed by atoms with Gasteiger partial charge in [-0.1, -0.05) is 18.2 Å². The molecule has 3 heteroatoms. The Hall–Kier alpha value is -1.15. The van der Waals surface area contributed by atoms with Gasteiger partial charge in [-0.15, -0.1) is 11.6 Å². The van der Waals surface area contributed by atoms with Crippen molar-refractivity contribution in [1.82, 2.24) is 0 Å². The number of ketones is 1. The molecule has 0 saturated carbocycles. The van der Waals surface area contributed by atoms with Gasteiger partial charge in [0.25, 0.3) is 0 Å². The summed E-state index contributed by atoms with van der Waals surface area (Å²) in [7, 11) is 0. The van der Waals surface area contributed by atoms with Crippen molar-refractivity contribution in [3.63, 3.8) is 0 Å². The number of halogens is 1. The largest absolute Gasteiger partial charge is 0.298 e. The van der Waals surface area contributed by atoms with E-state index in [9.17, 15) is 9.59 Å². The fraction of sp³-hybridized carbons (Fsp3) is 0.273. The monoisotopic (exact) mass is 210 g/mol. The van der Waals surface area contributed by atoms with Crippen molar-refractivity contribution in [3.8, 4) is 0 Å². The van der Waals surface area contributed by atoms with E-state index < -0.39 is 0 Å². The number of alkyl halides is 1. The number of benzene rings is 1. The maximum atomic E-state index is 11.5. The van der Waals surface area contributed by atoms with Gasteiger partial charge in [-0.25, -0.2) is 0 Å². The molecule has 1 rings (SSSR count). The quantitative estimate of drug-likeness (QED) is 0.435. The summed E-state index contributed by atoms with van der Waals surface area (Å²) < 4.78 is 0. The van der Waals surface area contributed by atoms with E-state index in [1.165, 1.54) is 0 Å². The number of hydrogen-bond donors (Lipinski definition) is 0. The highest BCUT2D eigenvalue weighted by molar-refractivity contribution is 6.20. The summed E-state index contributed by atoms with van der Waals surface area (Å²) in [5.41, 5.74) is 1.77. The van der Waals surface area contributed by atoms with Gasteiger partial charge < -0.3 is 0 Å². The van der Waals surface area contributed by atoms with Gasteiger partial charge in [-0.3, -0.25) is 9.59 Å². The Bertz CT molecular complexity index is 358. The lowest BCUT2D eigenvalue weighted by Gasteiger charge is -2.04. The Kier molecular flexibility index (Phi) is 3.84. The number of aldehydes is 1. The van der Waals surface area contributed by atoms with Crippen molar-refractivity contribution in [2.24, 2.45) is 0 Å². The Morgan fingerprint density at radius 2 is 2.21 bits per heavy atom. The van der Waals surface area contributed by atoms with Gasteiger partial charge in [0.2, 0.25) is 0 Å². The lowest BCUT2D eigenvalue weighted by Crippen LogP contribution is -2.05. The smallest absolute Gasteiger partial charge is 0.164 e. The molecule has 0 unspecified atom stereocenters. The van der Waals surface area contributed by atoms with E-state index in [0.29, 0.717) is 11.1 Å². The summed E-state index contributed by atoms with van der Waals surface area (Å²) >= 11 is 5.47. The zero-order chi connectivity index (χ0) is 10.6. The van der Waals surface area contributed by atoms with Crippen molar-refractivity contribution < 1.29 is 9.59 Å². The van der Waals surface area contributed by atoms with Gasteiger partial charge in [0.1, 0.15) is 0 Å². The summed E-state index contributed by atoms with van der Waals surface area (Å²) in [4.78, 5) is 22.3. The average Bonchev–Trinajstić information content (AvgIpc) is 2.17. The number of rotatable bonds is 4. The second-order valence-corrected chi connectivity index (χ2v) is 3.39. The maximum absolute atomic E-state index is 11.5. The molecule has 2 nitrogen and oxygen atoms in total. The fourth-order valence-electron chi connectivity index (χ4n) is 1.30. The molecule has 1 aromatic carbocycles. The first-order valence-electron chi connectivity index (χ1n) is 4.34. The molecule has 0 radical (unpaired) electrons. The molecule has 0 amide bonds. The third kappa shape index (κ3) is 2.20. The van der Waals surface area contributed by atoms with Gasteiger partial charge in [0.05, 0.1) is 0 Å². The summed E-state index contributed by atoms with van der Waals surface area (Å²) in [5.74, 6) is 0.205. The second kappa shape index (κ2) is 4.91. The van der Waals surface area contributed by atoms with Crippen molar-refractivity contribution >= 4 is 23.7 Å². The summed E-state index contributed by atoms with van der Waals surface area (Å²) in [5, 5.41) is 0. The molecule has 0 aromatic heterocycles. The molecule has 14 heavy (non-hydrogen) atoms. The highest BCUT2D eigenvalue weighted by Gasteiger charge is 2.11. The van der Waals surface area contributed by atoms with Crippen LogP contribution in [0.25, 0.3) is 0 Å². The van der Waals surface area contributed by atoms with E-state index in [2.05, 4.69) is 0 Å². The van der Waals surface area contributed by atoms with Crippen LogP contribution < -0.4 is 0 Å². The van der Waals surface area contributed by atoms with Crippen LogP contribution in [0.2, 0.25) is 0 Å². The van der Waals surface area contributed by atoms with Crippen molar-refractivity contribution in [1.29, 1.82) is 0 Å². The van der Waals surface area contributed by atoms with Crippen LogP contribution in [0.5, 0.6) is 0 Å². The van der Waals surface area contributed by atoms with Crippen molar-refractivity contribution in [2.45, 2.75) is 13.3 Å². The predicted molar refractivity (Wildman–Crippen MR) is 56.2 cm³/mol. The van der Waals surface area contributed by atoms with Gasteiger partial charge in [0.15, 0.2) is 12.1 Å². The molecule has 0 atom stereocenters. The van der Waals surface area contributed by atoms with Crippen LogP contribution in [0.4, 0.5) is 0 Å². The van der Waals surface area contributed by atoms with E-state index in [-0.39, 0.29) is 18.1 Å². The Morgan fingerprint density at radius 1 is 1.50 bits per heavy atom. The number of Topliss-reactive ketones (excluding diaryl/α,β-unsaturated/α-hetero) is 1. The number of carbonyl (C=O) groups excluding carboxylic acids is 2. The Labute approximate surface area is 87.9 Å². The first kappa shape index (κ1) is 10.9. The first-order chi connectivity index (χ1) is 6.70. The number of aryl methyl sites for hydroxylation is 1. The van der Waals surface area contributed by atoms with E-state index in [1.807, 2.05) is 0 Å². The highest BCUT2D eigenvalue weighted by Crippen LogP contribution is 2.14. The maximum Gasteiger partial charge on any atom is 0.164 e. The summed E-state index contributed by atoms with van der Waals surface area (Å²) in [6, 6.07) is 5.23. The average molecular weight is 211 g/mol. The standard InChI is InChI=1S/C11H11ClO2/c1-8-3-2-4-9(10(8)7-13)11(14)5-6-12/h2-4,7H,5-6H2,1H3. The van der Waals surface area contributed by atoms with Crippen LogP contribution in [0.15, 0.2) is 18.2 Å². The molecule has 0 aliphatic carbocycles. The van der Waals surface area contributed by atoms with E-state index in [4.69, 9.17) is 11.6 Å². The predicted octanol–water partition coefficient (Wildman–Crippen LogP) is 2.62. The van der Waals surface area contributed by atoms with Crippen LogP contribution in [0.1, 0.15) is 32.7 Å². The van der Waals surface area contributed by atoms with E-state index in [0.717, 1.165) is 11.8 Å². The molecular formula is C11H11ClO2. The molecule has 0 spiro atoms. The molecule has 0 fully saturated rings. The lowest BCUT2D eigenvalue weighted by molar-refractivity contribution is 0.0982.